The van der Waals surface area contributed by atoms with Gasteiger partial charge in [-0.25, -0.2) is 0 Å². The Morgan fingerprint density at radius 3 is 1.40 bits per heavy atom. The predicted molar refractivity (Wildman–Crippen MR) is 116 cm³/mol. The van der Waals surface area contributed by atoms with Gasteiger partial charge in [0.25, 0.3) is 0 Å². The molecule has 204 valence electrons. The minimum absolute atomic E-state index is 0.0162. The summed E-state index contributed by atoms with van der Waals surface area (Å²) in [6.07, 6.45) is -11.9. The van der Waals surface area contributed by atoms with Crippen LogP contribution in [0.5, 0.6) is 0 Å². The maximum atomic E-state index is 11.8. The Kier molecular flexibility index (Phi) is 12.1. The zero-order valence-electron chi connectivity index (χ0n) is 19.6. The molecule has 2 amide bonds. The number of nitrogens with one attached hydrogen (secondary N) is 3. The van der Waals surface area contributed by atoms with E-state index in [4.69, 9.17) is 18.9 Å². The average Bonchev–Trinajstić information content (AvgIpc) is 2.82. The van der Waals surface area contributed by atoms with Gasteiger partial charge in [-0.2, -0.15) is 0 Å². The molecule has 15 heteroatoms. The summed E-state index contributed by atoms with van der Waals surface area (Å²) in [6.45, 7) is 2.91. The van der Waals surface area contributed by atoms with Crippen LogP contribution in [0.15, 0.2) is 0 Å². The van der Waals surface area contributed by atoms with Gasteiger partial charge in [-0.05, 0) is 13.8 Å². The van der Waals surface area contributed by atoms with Crippen molar-refractivity contribution < 1.29 is 59.2 Å². The lowest BCUT2D eigenvalue weighted by Gasteiger charge is -2.38. The number of amides is 2. The van der Waals surface area contributed by atoms with Crippen LogP contribution in [-0.2, 0) is 28.5 Å². The smallest absolute Gasteiger partial charge is 0.234 e. The van der Waals surface area contributed by atoms with Gasteiger partial charge >= 0.3 is 0 Å². The van der Waals surface area contributed by atoms with Crippen molar-refractivity contribution in [3.8, 4) is 0 Å². The van der Waals surface area contributed by atoms with Gasteiger partial charge in [0.1, 0.15) is 36.6 Å². The summed E-state index contributed by atoms with van der Waals surface area (Å²) in [4.78, 5) is 23.6. The van der Waals surface area contributed by atoms with Crippen molar-refractivity contribution in [3.63, 3.8) is 0 Å². The van der Waals surface area contributed by atoms with Crippen LogP contribution in [0.4, 0.5) is 0 Å². The van der Waals surface area contributed by atoms with Crippen molar-refractivity contribution in [1.29, 1.82) is 0 Å². The highest BCUT2D eigenvalue weighted by Gasteiger charge is 2.43. The third kappa shape index (κ3) is 8.83. The van der Waals surface area contributed by atoms with Crippen LogP contribution in [0.25, 0.3) is 0 Å². The van der Waals surface area contributed by atoms with E-state index in [0.29, 0.717) is 0 Å². The van der Waals surface area contributed by atoms with Crippen LogP contribution >= 0.6 is 0 Å². The van der Waals surface area contributed by atoms with E-state index in [2.05, 4.69) is 16.0 Å². The summed E-state index contributed by atoms with van der Waals surface area (Å²) in [5, 5.41) is 66.2. The molecule has 0 aromatic heterocycles. The summed E-state index contributed by atoms with van der Waals surface area (Å²) < 4.78 is 21.1. The monoisotopic (exact) mass is 511 g/mol. The second kappa shape index (κ2) is 14.3. The Labute approximate surface area is 202 Å². The second-order valence-electron chi connectivity index (χ2n) is 8.41. The van der Waals surface area contributed by atoms with E-state index in [0.717, 1.165) is 0 Å². The highest BCUT2D eigenvalue weighted by atomic mass is 16.7. The van der Waals surface area contributed by atoms with Crippen LogP contribution < -0.4 is 16.0 Å². The maximum Gasteiger partial charge on any atom is 0.234 e. The fraction of sp³-hybridized carbons (Fsp3) is 0.900. The van der Waals surface area contributed by atoms with Crippen LogP contribution in [0.3, 0.4) is 0 Å². The normalized spacial score (nSPS) is 37.6. The first kappa shape index (κ1) is 29.7. The Morgan fingerprint density at radius 1 is 0.657 bits per heavy atom. The predicted octanol–water partition coefficient (Wildman–Crippen LogP) is -5.50. The summed E-state index contributed by atoms with van der Waals surface area (Å²) >= 11 is 0. The molecule has 15 nitrogen and oxygen atoms in total. The zero-order chi connectivity index (χ0) is 26.1. The standard InChI is InChI=1S/C20H37N3O12/c1-9-13(26)15(28)17(30)19(34-9)32-5-3-22-11(24)7-21-8-12(25)23-4-6-33-20-18(31)16(29)14(27)10(2)35-20/h9-10,13-21,26-31H,3-8H2,1-2H3,(H,22,24)(H,23,25)/t9-,10-,13+,14+,15+,16+,17-,18-,19+,20+/m0/s1. The lowest BCUT2D eigenvalue weighted by molar-refractivity contribution is -0.292. The van der Waals surface area contributed by atoms with E-state index >= 15 is 0 Å². The number of aliphatic hydroxyl groups is 6. The van der Waals surface area contributed by atoms with Gasteiger partial charge in [-0.15, -0.1) is 0 Å². The molecule has 0 aliphatic carbocycles. The van der Waals surface area contributed by atoms with Crippen LogP contribution in [0.1, 0.15) is 13.8 Å². The minimum atomic E-state index is -1.43. The molecule has 2 rings (SSSR count). The Bertz CT molecular complexity index is 619. The van der Waals surface area contributed by atoms with E-state index in [9.17, 15) is 40.2 Å². The fourth-order valence-corrected chi connectivity index (χ4v) is 3.45. The van der Waals surface area contributed by atoms with E-state index in [1.54, 1.807) is 0 Å². The lowest BCUT2D eigenvalue weighted by Crippen LogP contribution is -2.57. The number of hydrogen-bond acceptors (Lipinski definition) is 13. The van der Waals surface area contributed by atoms with Gasteiger partial charge in [0.05, 0.1) is 38.5 Å². The summed E-state index contributed by atoms with van der Waals surface area (Å²) in [5.74, 6) is -0.811. The molecule has 0 unspecified atom stereocenters. The second-order valence-corrected chi connectivity index (χ2v) is 8.41. The van der Waals surface area contributed by atoms with Gasteiger partial charge in [-0.1, -0.05) is 0 Å². The topological polar surface area (TPSA) is 229 Å². The zero-order valence-corrected chi connectivity index (χ0v) is 19.6. The molecule has 2 aliphatic rings. The molecule has 2 fully saturated rings. The number of hydrogen-bond donors (Lipinski definition) is 9. The summed E-state index contributed by atoms with van der Waals surface area (Å²) in [6, 6.07) is 0. The Hall–Kier alpha value is -1.50. The Balaban J connectivity index is 1.50. The van der Waals surface area contributed by atoms with Crippen LogP contribution in [0.2, 0.25) is 0 Å². The van der Waals surface area contributed by atoms with Crippen LogP contribution in [0, 0.1) is 0 Å². The van der Waals surface area contributed by atoms with Crippen molar-refractivity contribution >= 4 is 11.8 Å². The third-order valence-corrected chi connectivity index (χ3v) is 5.60. The molecule has 0 saturated carbocycles. The van der Waals surface area contributed by atoms with E-state index in [1.807, 2.05) is 0 Å². The van der Waals surface area contributed by atoms with Crippen molar-refractivity contribution in [3.05, 3.63) is 0 Å². The van der Waals surface area contributed by atoms with Gasteiger partial charge in [-0.3, -0.25) is 14.9 Å². The fourth-order valence-electron chi connectivity index (χ4n) is 3.45. The van der Waals surface area contributed by atoms with Gasteiger partial charge in [0, 0.05) is 13.1 Å². The summed E-state index contributed by atoms with van der Waals surface area (Å²) in [5.41, 5.74) is 0. The highest BCUT2D eigenvalue weighted by Crippen LogP contribution is 2.22. The maximum absolute atomic E-state index is 11.8. The average molecular weight is 512 g/mol. The van der Waals surface area contributed by atoms with Gasteiger partial charge in [0.2, 0.25) is 11.8 Å². The van der Waals surface area contributed by atoms with Crippen molar-refractivity contribution in [2.24, 2.45) is 0 Å². The molecule has 0 bridgehead atoms. The molecule has 9 N–H and O–H groups in total. The lowest BCUT2D eigenvalue weighted by atomic mass is 10.0. The SMILES string of the molecule is C[C@@H]1O[C@@H](OCCNC(=O)CNCC(=O)NCCO[C@@H]2O[C@@H](C)[C@@H](O)[C@@H](O)[C@@H]2O)[C@@H](O)[C@H](O)[C@@H]1O. The largest absolute Gasteiger partial charge is 0.388 e. The van der Waals surface area contributed by atoms with E-state index in [-0.39, 0.29) is 39.4 Å². The molecule has 0 radical (unpaired) electrons. The molecular formula is C20H37N3O12. The third-order valence-electron chi connectivity index (χ3n) is 5.60. The molecule has 0 spiro atoms. The van der Waals surface area contributed by atoms with E-state index < -0.39 is 73.2 Å². The molecule has 2 heterocycles. The van der Waals surface area contributed by atoms with Crippen molar-refractivity contribution in [2.45, 2.75) is 75.3 Å². The number of aliphatic hydroxyl groups excluding tert-OH is 6. The minimum Gasteiger partial charge on any atom is -0.388 e. The van der Waals surface area contributed by atoms with E-state index in [1.165, 1.54) is 13.8 Å². The number of ether oxygens (including phenoxy) is 4. The molecular weight excluding hydrogens is 474 g/mol. The number of carbonyl (C=O) groups is 2. The van der Waals surface area contributed by atoms with Crippen molar-refractivity contribution in [2.75, 3.05) is 39.4 Å². The Morgan fingerprint density at radius 2 is 1.03 bits per heavy atom. The number of rotatable bonds is 12. The first-order valence-corrected chi connectivity index (χ1v) is 11.4. The van der Waals surface area contributed by atoms with Gasteiger partial charge in [0.15, 0.2) is 12.6 Å². The molecule has 10 atom stereocenters. The molecule has 2 saturated heterocycles. The quantitative estimate of drug-likeness (QED) is 0.112. The molecule has 35 heavy (non-hydrogen) atoms. The highest BCUT2D eigenvalue weighted by molar-refractivity contribution is 5.81. The van der Waals surface area contributed by atoms with Crippen molar-refractivity contribution in [1.82, 2.24) is 16.0 Å². The first-order valence-electron chi connectivity index (χ1n) is 11.4. The molecule has 0 aromatic carbocycles. The summed E-state index contributed by atoms with van der Waals surface area (Å²) in [7, 11) is 0. The van der Waals surface area contributed by atoms with Crippen LogP contribution in [-0.4, -0.2) is 143 Å². The number of carbonyl (C=O) groups excluding carboxylic acids is 2. The molecule has 0 aromatic rings. The van der Waals surface area contributed by atoms with Gasteiger partial charge < -0.3 is 60.2 Å². The molecule has 2 aliphatic heterocycles. The first-order chi connectivity index (χ1) is 16.5.